The Morgan fingerprint density at radius 3 is 2.58 bits per heavy atom. The molecule has 1 aliphatic heterocycles. The van der Waals surface area contributed by atoms with Crippen molar-refractivity contribution in [3.63, 3.8) is 0 Å². The normalized spacial score (nSPS) is 18.8. The van der Waals surface area contributed by atoms with Crippen LogP contribution in [0.25, 0.3) is 0 Å². The number of nitrogens with two attached hydrogens (primary N) is 1. The third-order valence-electron chi connectivity index (χ3n) is 6.70. The van der Waals surface area contributed by atoms with E-state index >= 15 is 0 Å². The van der Waals surface area contributed by atoms with Crippen LogP contribution in [0.4, 0.5) is 5.13 Å². The highest BCUT2D eigenvalue weighted by Gasteiger charge is 2.45. The first-order chi connectivity index (χ1) is 18.3. The first kappa shape index (κ1) is 26.0. The van der Waals surface area contributed by atoms with E-state index in [1.165, 1.54) is 11.3 Å². The number of allylic oxidation sites excluding steroid dienone is 3. The van der Waals surface area contributed by atoms with Gasteiger partial charge in [-0.15, -0.1) is 10.2 Å². The Bertz CT molecular complexity index is 1450. The van der Waals surface area contributed by atoms with Gasteiger partial charge in [-0.2, -0.15) is 5.26 Å². The summed E-state index contributed by atoms with van der Waals surface area (Å²) < 4.78 is 6.78. The molecule has 2 aromatic carbocycles. The van der Waals surface area contributed by atoms with Gasteiger partial charge in [-0.1, -0.05) is 86.3 Å². The van der Waals surface area contributed by atoms with Gasteiger partial charge >= 0.3 is 0 Å². The summed E-state index contributed by atoms with van der Waals surface area (Å²) in [4.78, 5) is 15.5. The summed E-state index contributed by atoms with van der Waals surface area (Å²) in [7, 11) is 0. The quantitative estimate of drug-likeness (QED) is 0.353. The molecule has 9 heteroatoms. The maximum Gasteiger partial charge on any atom is 0.219 e. The monoisotopic (exact) mass is 543 g/mol. The van der Waals surface area contributed by atoms with Gasteiger partial charge in [0.05, 0.1) is 17.6 Å². The Morgan fingerprint density at radius 2 is 1.89 bits per heavy atom. The molecule has 2 N–H and O–H groups in total. The summed E-state index contributed by atoms with van der Waals surface area (Å²) in [5.41, 5.74) is 10.1. The second kappa shape index (κ2) is 10.6. The molecule has 194 valence electrons. The first-order valence-electron chi connectivity index (χ1n) is 12.5. The van der Waals surface area contributed by atoms with Crippen LogP contribution in [0.1, 0.15) is 50.7 Å². The third-order valence-corrected chi connectivity index (χ3v) is 8.62. The van der Waals surface area contributed by atoms with Gasteiger partial charge in [-0.05, 0) is 40.8 Å². The standard InChI is InChI=1S/C29H29N5O2S2/c1-4-37-28-33-32-27(38-28)34-22-14-29(2,3)15-23(35)25(22)24(21(16-30)26(34)31)19-10-12-20(13-11-19)36-17-18-8-6-5-7-9-18/h5-13,24H,4,14-15,17,31H2,1-3H3. The van der Waals surface area contributed by atoms with E-state index in [0.717, 1.165) is 26.9 Å². The molecule has 2 aliphatic rings. The van der Waals surface area contributed by atoms with Gasteiger partial charge in [-0.3, -0.25) is 9.69 Å². The summed E-state index contributed by atoms with van der Waals surface area (Å²) in [6.07, 6.45) is 1.04. The molecule has 0 saturated heterocycles. The van der Waals surface area contributed by atoms with Gasteiger partial charge in [0.2, 0.25) is 5.13 Å². The molecule has 1 aromatic heterocycles. The molecule has 0 bridgehead atoms. The summed E-state index contributed by atoms with van der Waals surface area (Å²) in [6, 6.07) is 19.9. The van der Waals surface area contributed by atoms with Crippen molar-refractivity contribution in [1.29, 1.82) is 5.26 Å². The van der Waals surface area contributed by atoms with E-state index in [0.29, 0.717) is 47.3 Å². The number of carbonyl (C=O) groups is 1. The van der Waals surface area contributed by atoms with Crippen LogP contribution < -0.4 is 15.4 Å². The van der Waals surface area contributed by atoms with Crippen molar-refractivity contribution in [2.24, 2.45) is 11.1 Å². The average Bonchev–Trinajstić information content (AvgIpc) is 3.35. The van der Waals surface area contributed by atoms with Crippen molar-refractivity contribution < 1.29 is 9.53 Å². The number of hydrogen-bond acceptors (Lipinski definition) is 9. The van der Waals surface area contributed by atoms with Crippen molar-refractivity contribution in [3.8, 4) is 11.8 Å². The summed E-state index contributed by atoms with van der Waals surface area (Å²) in [5, 5.41) is 19.5. The maximum atomic E-state index is 13.7. The van der Waals surface area contributed by atoms with Crippen molar-refractivity contribution in [2.75, 3.05) is 10.7 Å². The summed E-state index contributed by atoms with van der Waals surface area (Å²) in [6.45, 7) is 6.68. The molecule has 1 atom stereocenters. The molecule has 5 rings (SSSR count). The minimum atomic E-state index is -0.546. The third kappa shape index (κ3) is 5.06. The molecular formula is C29H29N5O2S2. The minimum Gasteiger partial charge on any atom is -0.489 e. The van der Waals surface area contributed by atoms with E-state index in [1.54, 1.807) is 16.7 Å². The fourth-order valence-corrected chi connectivity index (χ4v) is 6.81. The van der Waals surface area contributed by atoms with Crippen molar-refractivity contribution in [2.45, 2.75) is 50.5 Å². The number of aromatic nitrogens is 2. The van der Waals surface area contributed by atoms with Crippen LogP contribution in [0, 0.1) is 16.7 Å². The number of carbonyl (C=O) groups excluding carboxylic acids is 1. The molecule has 3 aromatic rings. The number of nitrogens with zero attached hydrogens (tertiary/aromatic N) is 4. The smallest absolute Gasteiger partial charge is 0.219 e. The lowest BCUT2D eigenvalue weighted by atomic mass is 9.68. The van der Waals surface area contributed by atoms with Crippen LogP contribution in [-0.2, 0) is 11.4 Å². The fourth-order valence-electron chi connectivity index (χ4n) is 5.03. The second-order valence-electron chi connectivity index (χ2n) is 10.1. The molecule has 1 aliphatic carbocycles. The Kier molecular flexibility index (Phi) is 7.28. The molecule has 38 heavy (non-hydrogen) atoms. The van der Waals surface area contributed by atoms with Gasteiger partial charge in [0, 0.05) is 17.7 Å². The number of nitriles is 1. The maximum absolute atomic E-state index is 13.7. The summed E-state index contributed by atoms with van der Waals surface area (Å²) in [5.74, 6) is 1.37. The highest BCUT2D eigenvalue weighted by molar-refractivity contribution is 8.01. The number of thioether (sulfide) groups is 1. The predicted molar refractivity (Wildman–Crippen MR) is 151 cm³/mol. The number of hydrogen-bond donors (Lipinski definition) is 1. The van der Waals surface area contributed by atoms with Crippen LogP contribution in [0.2, 0.25) is 0 Å². The van der Waals surface area contributed by atoms with E-state index < -0.39 is 5.92 Å². The molecule has 1 unspecified atom stereocenters. The molecule has 0 radical (unpaired) electrons. The highest BCUT2D eigenvalue weighted by atomic mass is 32.2. The largest absolute Gasteiger partial charge is 0.489 e. The topological polar surface area (TPSA) is 105 Å². The van der Waals surface area contributed by atoms with Crippen LogP contribution in [0.15, 0.2) is 81.6 Å². The molecule has 2 heterocycles. The second-order valence-corrected chi connectivity index (χ2v) is 12.6. The fraction of sp³-hybridized carbons (Fsp3) is 0.310. The van der Waals surface area contributed by atoms with E-state index in [9.17, 15) is 10.1 Å². The molecule has 0 fully saturated rings. The van der Waals surface area contributed by atoms with E-state index in [4.69, 9.17) is 10.5 Å². The molecule has 7 nitrogen and oxygen atoms in total. The number of Topliss-reactive ketones (excluding diaryl/α,β-unsaturated/α-hetero) is 1. The van der Waals surface area contributed by atoms with Gasteiger partial charge < -0.3 is 10.5 Å². The van der Waals surface area contributed by atoms with Gasteiger partial charge in [0.25, 0.3) is 0 Å². The number of ketones is 1. The minimum absolute atomic E-state index is 0.0311. The van der Waals surface area contributed by atoms with Crippen LogP contribution in [-0.4, -0.2) is 21.7 Å². The van der Waals surface area contributed by atoms with Crippen LogP contribution in [0.5, 0.6) is 5.75 Å². The van der Waals surface area contributed by atoms with Crippen molar-refractivity contribution in [1.82, 2.24) is 10.2 Å². The molecule has 0 spiro atoms. The average molecular weight is 544 g/mol. The van der Waals surface area contributed by atoms with E-state index in [2.05, 4.69) is 37.0 Å². The van der Waals surface area contributed by atoms with Gasteiger partial charge in [0.15, 0.2) is 10.1 Å². The lowest BCUT2D eigenvalue weighted by molar-refractivity contribution is -0.118. The zero-order valence-electron chi connectivity index (χ0n) is 21.6. The Hall–Kier alpha value is -3.61. The Balaban J connectivity index is 1.54. The number of benzene rings is 2. The lowest BCUT2D eigenvalue weighted by Crippen LogP contribution is -2.42. The van der Waals surface area contributed by atoms with E-state index in [-0.39, 0.29) is 11.2 Å². The molecule has 0 saturated carbocycles. The number of ether oxygens (including phenoxy) is 1. The van der Waals surface area contributed by atoms with Crippen LogP contribution in [0.3, 0.4) is 0 Å². The number of anilines is 1. The Labute approximate surface area is 231 Å². The van der Waals surface area contributed by atoms with Gasteiger partial charge in [0.1, 0.15) is 18.2 Å². The first-order valence-corrected chi connectivity index (χ1v) is 14.3. The lowest BCUT2D eigenvalue weighted by Gasteiger charge is -2.42. The van der Waals surface area contributed by atoms with Crippen molar-refractivity contribution >= 4 is 34.0 Å². The molecular weight excluding hydrogens is 514 g/mol. The highest BCUT2D eigenvalue weighted by Crippen LogP contribution is 2.50. The number of rotatable bonds is 7. The SMILES string of the molecule is CCSc1nnc(N2C(N)=C(C#N)C(c3ccc(OCc4ccccc4)cc3)C3=C2CC(C)(C)CC3=O)s1. The zero-order chi connectivity index (χ0) is 26.9. The Morgan fingerprint density at radius 1 is 1.16 bits per heavy atom. The molecule has 0 amide bonds. The summed E-state index contributed by atoms with van der Waals surface area (Å²) >= 11 is 3.02. The van der Waals surface area contributed by atoms with Crippen LogP contribution >= 0.6 is 23.1 Å². The van der Waals surface area contributed by atoms with E-state index in [1.807, 2.05) is 54.6 Å². The van der Waals surface area contributed by atoms with Gasteiger partial charge in [-0.25, -0.2) is 0 Å². The van der Waals surface area contributed by atoms with Crippen molar-refractivity contribution in [3.05, 3.63) is 88.4 Å². The zero-order valence-corrected chi connectivity index (χ0v) is 23.2. The predicted octanol–water partition coefficient (Wildman–Crippen LogP) is 6.17.